The van der Waals surface area contributed by atoms with Gasteiger partial charge in [-0.2, -0.15) is 22.0 Å². The first kappa shape index (κ1) is 13.9. The molecule has 0 aliphatic heterocycles. The van der Waals surface area contributed by atoms with Crippen LogP contribution in [-0.4, -0.2) is 6.18 Å². The lowest BCUT2D eigenvalue weighted by Crippen LogP contribution is -2.33. The van der Waals surface area contributed by atoms with Gasteiger partial charge in [0.2, 0.25) is 0 Å². The molecule has 0 amide bonds. The molecule has 0 saturated carbocycles. The van der Waals surface area contributed by atoms with Crippen LogP contribution in [0.1, 0.15) is 25.0 Å². The van der Waals surface area contributed by atoms with Gasteiger partial charge >= 0.3 is 12.1 Å². The van der Waals surface area contributed by atoms with Gasteiger partial charge in [0.1, 0.15) is 0 Å². The molecular formula is C12H12F5. The van der Waals surface area contributed by atoms with Gasteiger partial charge in [-0.1, -0.05) is 32.0 Å². The highest BCUT2D eigenvalue weighted by Crippen LogP contribution is 2.44. The van der Waals surface area contributed by atoms with Gasteiger partial charge in [-0.05, 0) is 24.0 Å². The van der Waals surface area contributed by atoms with Crippen LogP contribution >= 0.6 is 0 Å². The van der Waals surface area contributed by atoms with E-state index in [1.54, 1.807) is 6.42 Å². The average molecular weight is 251 g/mol. The maximum atomic E-state index is 13.0. The van der Waals surface area contributed by atoms with Crippen molar-refractivity contribution in [3.05, 3.63) is 41.8 Å². The Morgan fingerprint density at radius 1 is 1.06 bits per heavy atom. The number of alkyl halides is 5. The second-order valence-electron chi connectivity index (χ2n) is 4.11. The van der Waals surface area contributed by atoms with Crippen LogP contribution in [0.25, 0.3) is 0 Å². The fourth-order valence-electron chi connectivity index (χ4n) is 1.39. The highest BCUT2D eigenvalue weighted by Gasteiger charge is 2.58. The minimum Gasteiger partial charge on any atom is -0.191 e. The van der Waals surface area contributed by atoms with E-state index in [1.165, 1.54) is 12.1 Å². The van der Waals surface area contributed by atoms with Gasteiger partial charge in [-0.25, -0.2) is 0 Å². The Hall–Kier alpha value is -1.13. The van der Waals surface area contributed by atoms with E-state index in [0.717, 1.165) is 12.1 Å². The summed E-state index contributed by atoms with van der Waals surface area (Å²) in [5.41, 5.74) is -0.666. The zero-order valence-corrected chi connectivity index (χ0v) is 9.35. The summed E-state index contributed by atoms with van der Waals surface area (Å²) in [5.74, 6) is -4.74. The lowest BCUT2D eigenvalue weighted by atomic mass is 9.98. The molecule has 1 radical (unpaired) electrons. The molecule has 0 atom stereocenters. The maximum Gasteiger partial charge on any atom is 0.458 e. The van der Waals surface area contributed by atoms with Crippen LogP contribution in [0.2, 0.25) is 0 Å². The summed E-state index contributed by atoms with van der Waals surface area (Å²) in [7, 11) is 0. The quantitative estimate of drug-likeness (QED) is 0.691. The molecule has 0 N–H and O–H groups in total. The average Bonchev–Trinajstić information content (AvgIpc) is 2.15. The number of hydrogen-bond acceptors (Lipinski definition) is 0. The first-order valence-corrected chi connectivity index (χ1v) is 5.04. The van der Waals surface area contributed by atoms with Crippen LogP contribution in [0.5, 0.6) is 0 Å². The number of benzene rings is 1. The Kier molecular flexibility index (Phi) is 3.79. The van der Waals surface area contributed by atoms with E-state index in [4.69, 9.17) is 0 Å². The maximum absolute atomic E-state index is 13.0. The summed E-state index contributed by atoms with van der Waals surface area (Å²) in [5, 5.41) is 0. The molecule has 95 valence electrons. The van der Waals surface area contributed by atoms with Crippen LogP contribution in [0.4, 0.5) is 22.0 Å². The largest absolute Gasteiger partial charge is 0.458 e. The van der Waals surface area contributed by atoms with Crippen LogP contribution < -0.4 is 0 Å². The SMILES string of the molecule is CC(C)[CH]c1cccc(C(F)(F)C(F)(F)F)c1. The van der Waals surface area contributed by atoms with Crippen molar-refractivity contribution in [3.63, 3.8) is 0 Å². The van der Waals surface area contributed by atoms with Crippen molar-refractivity contribution in [3.8, 4) is 0 Å². The Labute approximate surface area is 96.4 Å². The van der Waals surface area contributed by atoms with E-state index >= 15 is 0 Å². The predicted molar refractivity (Wildman–Crippen MR) is 54.6 cm³/mol. The lowest BCUT2D eigenvalue weighted by molar-refractivity contribution is -0.289. The van der Waals surface area contributed by atoms with Gasteiger partial charge in [0.25, 0.3) is 0 Å². The molecule has 0 fully saturated rings. The second kappa shape index (κ2) is 4.63. The van der Waals surface area contributed by atoms with E-state index in [-0.39, 0.29) is 5.92 Å². The molecule has 0 aromatic heterocycles. The first-order chi connectivity index (χ1) is 7.64. The van der Waals surface area contributed by atoms with Gasteiger partial charge in [-0.3, -0.25) is 0 Å². The molecule has 0 heterocycles. The van der Waals surface area contributed by atoms with Crippen molar-refractivity contribution in [2.24, 2.45) is 5.92 Å². The minimum absolute atomic E-state index is 0.0739. The van der Waals surface area contributed by atoms with Gasteiger partial charge in [0.15, 0.2) is 0 Å². The molecule has 0 spiro atoms. The van der Waals surface area contributed by atoms with E-state index < -0.39 is 17.7 Å². The summed E-state index contributed by atoms with van der Waals surface area (Å²) in [6.07, 6.45) is -3.95. The van der Waals surface area contributed by atoms with Crippen molar-refractivity contribution in [2.45, 2.75) is 25.9 Å². The van der Waals surface area contributed by atoms with Crippen LogP contribution in [-0.2, 0) is 5.92 Å². The topological polar surface area (TPSA) is 0 Å². The Bertz CT molecular complexity index is 379. The first-order valence-electron chi connectivity index (χ1n) is 5.04. The van der Waals surface area contributed by atoms with Crippen molar-refractivity contribution in [2.75, 3.05) is 0 Å². The highest BCUT2D eigenvalue weighted by atomic mass is 19.4. The number of hydrogen-bond donors (Lipinski definition) is 0. The molecule has 0 saturated heterocycles. The van der Waals surface area contributed by atoms with Crippen molar-refractivity contribution < 1.29 is 22.0 Å². The van der Waals surface area contributed by atoms with Crippen LogP contribution in [0, 0.1) is 12.3 Å². The number of halogens is 5. The Morgan fingerprint density at radius 2 is 1.65 bits per heavy atom. The molecule has 0 nitrogen and oxygen atoms in total. The van der Waals surface area contributed by atoms with E-state index in [2.05, 4.69) is 0 Å². The Balaban J connectivity index is 3.07. The molecule has 1 rings (SSSR count). The third-order valence-corrected chi connectivity index (χ3v) is 2.13. The van der Waals surface area contributed by atoms with Crippen LogP contribution in [0.3, 0.4) is 0 Å². The van der Waals surface area contributed by atoms with E-state index in [9.17, 15) is 22.0 Å². The molecular weight excluding hydrogens is 239 g/mol. The second-order valence-corrected chi connectivity index (χ2v) is 4.11. The highest BCUT2D eigenvalue weighted by molar-refractivity contribution is 5.32. The van der Waals surface area contributed by atoms with Gasteiger partial charge in [0, 0.05) is 5.56 Å². The molecule has 17 heavy (non-hydrogen) atoms. The lowest BCUT2D eigenvalue weighted by Gasteiger charge is -2.20. The van der Waals surface area contributed by atoms with Crippen LogP contribution in [0.15, 0.2) is 24.3 Å². The Morgan fingerprint density at radius 3 is 2.12 bits per heavy atom. The monoisotopic (exact) mass is 251 g/mol. The van der Waals surface area contributed by atoms with Crippen molar-refractivity contribution in [1.82, 2.24) is 0 Å². The summed E-state index contributed by atoms with van der Waals surface area (Å²) in [4.78, 5) is 0. The molecule has 0 aliphatic carbocycles. The molecule has 0 unspecified atom stereocenters. The predicted octanol–water partition coefficient (Wildman–Crippen LogP) is 4.55. The molecule has 5 heteroatoms. The number of rotatable bonds is 3. The van der Waals surface area contributed by atoms with E-state index in [1.807, 2.05) is 13.8 Å². The summed E-state index contributed by atoms with van der Waals surface area (Å²) >= 11 is 0. The summed E-state index contributed by atoms with van der Waals surface area (Å²) in [6, 6.07) is 4.35. The molecule has 1 aromatic carbocycles. The third-order valence-electron chi connectivity index (χ3n) is 2.13. The fourth-order valence-corrected chi connectivity index (χ4v) is 1.39. The zero-order valence-electron chi connectivity index (χ0n) is 9.35. The van der Waals surface area contributed by atoms with E-state index in [0.29, 0.717) is 5.56 Å². The molecule has 0 bridgehead atoms. The summed E-state index contributed by atoms with van der Waals surface area (Å²) in [6.45, 7) is 3.63. The minimum atomic E-state index is -5.57. The van der Waals surface area contributed by atoms with Gasteiger partial charge in [-0.15, -0.1) is 0 Å². The standard InChI is InChI=1S/C12H12F5/c1-8(2)6-9-4-3-5-10(7-9)11(13,14)12(15,16)17/h3-8H,1-2H3. The third kappa shape index (κ3) is 3.17. The van der Waals surface area contributed by atoms with Crippen molar-refractivity contribution in [1.29, 1.82) is 0 Å². The molecule has 1 aromatic rings. The van der Waals surface area contributed by atoms with Gasteiger partial charge < -0.3 is 0 Å². The zero-order chi connectivity index (χ0) is 13.3. The summed E-state index contributed by atoms with van der Waals surface area (Å²) < 4.78 is 62.5. The normalized spacial score (nSPS) is 13.2. The smallest absolute Gasteiger partial charge is 0.191 e. The van der Waals surface area contributed by atoms with Crippen molar-refractivity contribution >= 4 is 0 Å². The fraction of sp³-hybridized carbons (Fsp3) is 0.417. The molecule has 0 aliphatic rings. The van der Waals surface area contributed by atoms with Gasteiger partial charge in [0.05, 0.1) is 0 Å².